The Balaban J connectivity index is 0.00000180. The van der Waals surface area contributed by atoms with Crippen molar-refractivity contribution >= 4 is 47.2 Å². The van der Waals surface area contributed by atoms with E-state index < -0.39 is 6.04 Å². The summed E-state index contributed by atoms with van der Waals surface area (Å²) in [4.78, 5) is 21.6. The van der Waals surface area contributed by atoms with Crippen LogP contribution in [-0.2, 0) is 11.2 Å². The van der Waals surface area contributed by atoms with Crippen molar-refractivity contribution in [3.8, 4) is 0 Å². The number of hydrogen-bond acceptors (Lipinski definition) is 5. The van der Waals surface area contributed by atoms with Gasteiger partial charge in [-0.15, -0.1) is 36.2 Å². The number of anilines is 1. The molecule has 1 aromatic rings. The summed E-state index contributed by atoms with van der Waals surface area (Å²) in [6, 6.07) is -0.400. The van der Waals surface area contributed by atoms with Crippen LogP contribution in [0.15, 0.2) is 6.20 Å². The SMILES string of the molecule is CCc1cnc(N2CCN(C(=O)[C@@H](C)N)CC2)s1.Cl.Cl. The molecule has 1 aliphatic rings. The molecule has 1 amide bonds. The molecule has 1 fully saturated rings. The maximum atomic E-state index is 11.8. The predicted molar refractivity (Wildman–Crippen MR) is 88.4 cm³/mol. The molecule has 8 heteroatoms. The van der Waals surface area contributed by atoms with Crippen molar-refractivity contribution in [1.29, 1.82) is 0 Å². The lowest BCUT2D eigenvalue weighted by atomic mass is 10.2. The van der Waals surface area contributed by atoms with E-state index in [9.17, 15) is 4.79 Å². The van der Waals surface area contributed by atoms with Gasteiger partial charge in [0.25, 0.3) is 0 Å². The standard InChI is InChI=1S/C12H20N4OS.2ClH/c1-3-10-8-14-12(18-10)16-6-4-15(5-7-16)11(17)9(2)13;;/h8-9H,3-7,13H2,1-2H3;2*1H/t9-;;/m1../s1. The lowest BCUT2D eigenvalue weighted by molar-refractivity contribution is -0.132. The van der Waals surface area contributed by atoms with E-state index in [-0.39, 0.29) is 30.7 Å². The van der Waals surface area contributed by atoms with Crippen LogP contribution in [0.4, 0.5) is 5.13 Å². The molecule has 0 aromatic carbocycles. The maximum Gasteiger partial charge on any atom is 0.239 e. The van der Waals surface area contributed by atoms with Crippen LogP contribution in [0.25, 0.3) is 0 Å². The average Bonchev–Trinajstić information content (AvgIpc) is 2.86. The molecule has 5 nitrogen and oxygen atoms in total. The number of nitrogens with two attached hydrogens (primary N) is 1. The van der Waals surface area contributed by atoms with Crippen molar-refractivity contribution < 1.29 is 4.79 Å². The van der Waals surface area contributed by atoms with Crippen molar-refractivity contribution in [3.63, 3.8) is 0 Å². The number of amides is 1. The molecule has 2 rings (SSSR count). The van der Waals surface area contributed by atoms with Crippen LogP contribution in [0.1, 0.15) is 18.7 Å². The molecule has 1 atom stereocenters. The van der Waals surface area contributed by atoms with Gasteiger partial charge in [-0.05, 0) is 13.3 Å². The average molecular weight is 341 g/mol. The van der Waals surface area contributed by atoms with Crippen LogP contribution in [0.3, 0.4) is 0 Å². The van der Waals surface area contributed by atoms with Crippen molar-refractivity contribution in [3.05, 3.63) is 11.1 Å². The lowest BCUT2D eigenvalue weighted by Gasteiger charge is -2.35. The van der Waals surface area contributed by atoms with Crippen LogP contribution in [0.5, 0.6) is 0 Å². The number of carbonyl (C=O) groups is 1. The summed E-state index contributed by atoms with van der Waals surface area (Å²) in [5, 5.41) is 1.07. The van der Waals surface area contributed by atoms with Crippen LogP contribution in [-0.4, -0.2) is 48.0 Å². The van der Waals surface area contributed by atoms with Gasteiger partial charge in [-0.3, -0.25) is 4.79 Å². The molecule has 1 aromatic heterocycles. The first-order valence-electron chi connectivity index (χ1n) is 6.35. The second-order valence-electron chi connectivity index (χ2n) is 4.56. The predicted octanol–water partition coefficient (Wildman–Crippen LogP) is 1.54. The van der Waals surface area contributed by atoms with E-state index in [4.69, 9.17) is 5.73 Å². The minimum Gasteiger partial charge on any atom is -0.345 e. The van der Waals surface area contributed by atoms with Gasteiger partial charge >= 0.3 is 0 Å². The van der Waals surface area contributed by atoms with Crippen molar-refractivity contribution in [1.82, 2.24) is 9.88 Å². The van der Waals surface area contributed by atoms with Crippen LogP contribution in [0.2, 0.25) is 0 Å². The Morgan fingerprint density at radius 3 is 2.45 bits per heavy atom. The second kappa shape index (κ2) is 8.67. The monoisotopic (exact) mass is 340 g/mol. The highest BCUT2D eigenvalue weighted by molar-refractivity contribution is 7.15. The fourth-order valence-electron chi connectivity index (χ4n) is 2.01. The Labute approximate surface area is 136 Å². The molecule has 2 N–H and O–H groups in total. The molecular weight excluding hydrogens is 319 g/mol. The summed E-state index contributed by atoms with van der Waals surface area (Å²) in [5.74, 6) is 0.0445. The van der Waals surface area contributed by atoms with Gasteiger partial charge in [0.1, 0.15) is 0 Å². The normalized spacial score (nSPS) is 16.1. The van der Waals surface area contributed by atoms with Gasteiger partial charge in [0.05, 0.1) is 6.04 Å². The number of carbonyl (C=O) groups excluding carboxylic acids is 1. The van der Waals surface area contributed by atoms with Crippen molar-refractivity contribution in [2.45, 2.75) is 26.3 Å². The Hall–Kier alpha value is -0.560. The van der Waals surface area contributed by atoms with Gasteiger partial charge in [-0.25, -0.2) is 4.98 Å². The molecule has 0 saturated carbocycles. The summed E-state index contributed by atoms with van der Waals surface area (Å²) in [7, 11) is 0. The molecule has 0 aliphatic carbocycles. The Bertz CT molecular complexity index is 419. The number of halogens is 2. The van der Waals surface area contributed by atoms with E-state index in [1.54, 1.807) is 18.3 Å². The summed E-state index contributed by atoms with van der Waals surface area (Å²) >= 11 is 1.74. The minimum absolute atomic E-state index is 0. The van der Waals surface area contributed by atoms with E-state index in [0.29, 0.717) is 0 Å². The summed E-state index contributed by atoms with van der Waals surface area (Å²) in [6.07, 6.45) is 2.97. The second-order valence-corrected chi connectivity index (χ2v) is 5.66. The fraction of sp³-hybridized carbons (Fsp3) is 0.667. The molecule has 1 saturated heterocycles. The van der Waals surface area contributed by atoms with Crippen LogP contribution in [0, 0.1) is 0 Å². The van der Waals surface area contributed by atoms with Gasteiger partial charge < -0.3 is 15.5 Å². The first-order valence-corrected chi connectivity index (χ1v) is 7.17. The zero-order chi connectivity index (χ0) is 13.1. The number of hydrogen-bond donors (Lipinski definition) is 1. The van der Waals surface area contributed by atoms with E-state index in [2.05, 4.69) is 16.8 Å². The van der Waals surface area contributed by atoms with Crippen LogP contribution >= 0.6 is 36.2 Å². The molecule has 1 aliphatic heterocycles. The fourth-order valence-corrected chi connectivity index (χ4v) is 2.91. The molecule has 0 unspecified atom stereocenters. The van der Waals surface area contributed by atoms with Gasteiger partial charge in [0.2, 0.25) is 5.91 Å². The lowest BCUT2D eigenvalue weighted by Crippen LogP contribution is -2.52. The minimum atomic E-state index is -0.400. The first kappa shape index (κ1) is 19.4. The maximum absolute atomic E-state index is 11.8. The largest absolute Gasteiger partial charge is 0.345 e. The third kappa shape index (κ3) is 4.48. The third-order valence-electron chi connectivity index (χ3n) is 3.14. The van der Waals surface area contributed by atoms with Crippen molar-refractivity contribution in [2.75, 3.05) is 31.1 Å². The number of aromatic nitrogens is 1. The van der Waals surface area contributed by atoms with Gasteiger partial charge in [0.15, 0.2) is 5.13 Å². The highest BCUT2D eigenvalue weighted by Gasteiger charge is 2.24. The number of aryl methyl sites for hydroxylation is 1. The Morgan fingerprint density at radius 2 is 2.00 bits per heavy atom. The quantitative estimate of drug-likeness (QED) is 0.906. The molecule has 0 bridgehead atoms. The highest BCUT2D eigenvalue weighted by Crippen LogP contribution is 2.23. The number of rotatable bonds is 3. The molecular formula is C12H22Cl2N4OS. The van der Waals surface area contributed by atoms with Gasteiger partial charge in [-0.2, -0.15) is 0 Å². The zero-order valence-electron chi connectivity index (χ0n) is 11.7. The topological polar surface area (TPSA) is 62.5 Å². The molecule has 116 valence electrons. The number of piperazine rings is 1. The Kier molecular flexibility index (Phi) is 8.42. The first-order chi connectivity index (χ1) is 8.61. The van der Waals surface area contributed by atoms with E-state index in [1.165, 1.54) is 4.88 Å². The third-order valence-corrected chi connectivity index (χ3v) is 4.34. The van der Waals surface area contributed by atoms with Gasteiger partial charge in [-0.1, -0.05) is 6.92 Å². The number of thiazole rings is 1. The van der Waals surface area contributed by atoms with Gasteiger partial charge in [0, 0.05) is 37.3 Å². The molecule has 2 heterocycles. The van der Waals surface area contributed by atoms with E-state index >= 15 is 0 Å². The number of nitrogens with zero attached hydrogens (tertiary/aromatic N) is 3. The Morgan fingerprint density at radius 1 is 1.40 bits per heavy atom. The summed E-state index contributed by atoms with van der Waals surface area (Å²) in [5.41, 5.74) is 5.62. The molecule has 20 heavy (non-hydrogen) atoms. The molecule has 0 spiro atoms. The zero-order valence-corrected chi connectivity index (χ0v) is 14.2. The van der Waals surface area contributed by atoms with E-state index in [0.717, 1.165) is 37.7 Å². The van der Waals surface area contributed by atoms with E-state index in [1.807, 2.05) is 11.1 Å². The summed E-state index contributed by atoms with van der Waals surface area (Å²) < 4.78 is 0. The van der Waals surface area contributed by atoms with Crippen LogP contribution < -0.4 is 10.6 Å². The smallest absolute Gasteiger partial charge is 0.239 e. The molecule has 0 radical (unpaired) electrons. The highest BCUT2D eigenvalue weighted by atomic mass is 35.5. The van der Waals surface area contributed by atoms with Crippen molar-refractivity contribution in [2.24, 2.45) is 5.73 Å². The summed E-state index contributed by atoms with van der Waals surface area (Å²) in [6.45, 7) is 7.03.